The number of hydrogen-bond acceptors (Lipinski definition) is 5. The molecule has 0 aliphatic carbocycles. The van der Waals surface area contributed by atoms with Crippen LogP contribution in [0, 0.1) is 25.2 Å². The Bertz CT molecular complexity index is 1070. The highest BCUT2D eigenvalue weighted by atomic mass is 19.1. The Morgan fingerprint density at radius 2 is 1.97 bits per heavy atom. The fraction of sp³-hybridized carbons (Fsp3) is 0.478. The van der Waals surface area contributed by atoms with Crippen molar-refractivity contribution in [2.24, 2.45) is 5.41 Å². The van der Waals surface area contributed by atoms with E-state index < -0.39 is 29.0 Å². The number of nitrogens with zero attached hydrogens (tertiary/aromatic N) is 2. The number of carbonyl (C=O) groups is 3. The van der Waals surface area contributed by atoms with E-state index in [9.17, 15) is 23.9 Å². The minimum absolute atomic E-state index is 0.136. The molecule has 3 heterocycles. The average molecular weight is 445 g/mol. The van der Waals surface area contributed by atoms with Gasteiger partial charge in [-0.15, -0.1) is 0 Å². The van der Waals surface area contributed by atoms with Gasteiger partial charge in [-0.1, -0.05) is 13.8 Å². The van der Waals surface area contributed by atoms with Crippen molar-refractivity contribution in [3.63, 3.8) is 0 Å². The van der Waals surface area contributed by atoms with Gasteiger partial charge in [-0.05, 0) is 44.7 Å². The van der Waals surface area contributed by atoms with Crippen molar-refractivity contribution in [2.45, 2.75) is 53.5 Å². The Morgan fingerprint density at radius 3 is 2.62 bits per heavy atom. The van der Waals surface area contributed by atoms with Gasteiger partial charge in [0.15, 0.2) is 0 Å². The summed E-state index contributed by atoms with van der Waals surface area (Å²) in [5.41, 5.74) is 1.81. The zero-order valence-corrected chi connectivity index (χ0v) is 18.8. The van der Waals surface area contributed by atoms with Crippen molar-refractivity contribution >= 4 is 23.3 Å². The summed E-state index contributed by atoms with van der Waals surface area (Å²) in [5.74, 6) is -2.52. The molecule has 9 heteroatoms. The first-order valence-electron chi connectivity index (χ1n) is 10.6. The van der Waals surface area contributed by atoms with Crippen molar-refractivity contribution in [1.82, 2.24) is 14.9 Å². The molecule has 2 amide bonds. The van der Waals surface area contributed by atoms with Crippen LogP contribution < -0.4 is 10.6 Å². The highest BCUT2D eigenvalue weighted by Crippen LogP contribution is 2.29. The van der Waals surface area contributed by atoms with Crippen LogP contribution in [0.2, 0.25) is 0 Å². The number of aliphatic hydroxyl groups is 1. The van der Waals surface area contributed by atoms with Gasteiger partial charge in [0.25, 0.3) is 17.6 Å². The van der Waals surface area contributed by atoms with Gasteiger partial charge in [-0.2, -0.15) is 4.39 Å². The number of nitrogens with one attached hydrogen (secondary N) is 2. The number of aliphatic hydroxyl groups excluding tert-OH is 1. The number of hydrogen-bond donors (Lipinski definition) is 3. The first-order valence-corrected chi connectivity index (χ1v) is 10.6. The topological polar surface area (TPSA) is 113 Å². The maximum absolute atomic E-state index is 13.5. The first-order chi connectivity index (χ1) is 15.1. The number of rotatable bonds is 7. The predicted octanol–water partition coefficient (Wildman–Crippen LogP) is 2.55. The molecule has 3 N–H and O–H groups in total. The maximum Gasteiger partial charge on any atom is 0.294 e. The summed E-state index contributed by atoms with van der Waals surface area (Å²) in [5, 5.41) is 14.7. The highest BCUT2D eigenvalue weighted by Gasteiger charge is 2.32. The summed E-state index contributed by atoms with van der Waals surface area (Å²) >= 11 is 0. The van der Waals surface area contributed by atoms with Gasteiger partial charge in [-0.3, -0.25) is 14.4 Å². The largest absolute Gasteiger partial charge is 0.396 e. The number of Topliss-reactive ketones (excluding diaryl/α,β-unsaturated/α-hetero) is 1. The molecular weight excluding hydrogens is 415 g/mol. The molecule has 0 spiro atoms. The van der Waals surface area contributed by atoms with Gasteiger partial charge >= 0.3 is 0 Å². The van der Waals surface area contributed by atoms with Gasteiger partial charge in [0.05, 0.1) is 23.1 Å². The molecule has 2 aromatic rings. The molecule has 0 radical (unpaired) electrons. The van der Waals surface area contributed by atoms with Crippen LogP contribution in [-0.2, 0) is 17.8 Å². The lowest BCUT2D eigenvalue weighted by molar-refractivity contribution is -0.117. The van der Waals surface area contributed by atoms with Crippen molar-refractivity contribution in [3.05, 3.63) is 46.3 Å². The van der Waals surface area contributed by atoms with Gasteiger partial charge < -0.3 is 20.3 Å². The zero-order chi connectivity index (χ0) is 23.6. The molecule has 172 valence electrons. The molecule has 0 bridgehead atoms. The molecule has 0 unspecified atom stereocenters. The van der Waals surface area contributed by atoms with Crippen molar-refractivity contribution in [2.75, 3.05) is 18.5 Å². The smallest absolute Gasteiger partial charge is 0.294 e. The maximum atomic E-state index is 13.5. The SMILES string of the molecule is Cc1cc(NC(=O)c2c(C)c(C(=O)C(=O)NCC(C)(C)CO)n3c2CCCC3)cnc1F. The molecular formula is C23H29FN4O4. The van der Waals surface area contributed by atoms with E-state index >= 15 is 0 Å². The Morgan fingerprint density at radius 1 is 1.25 bits per heavy atom. The molecule has 2 aromatic heterocycles. The standard InChI is InChI=1S/C23H29FN4O4/c1-13-9-15(10-25-20(13)24)27-21(31)17-14(2)18(28-8-6-5-7-16(17)28)19(30)22(32)26-11-23(3,4)12-29/h9-10,29H,5-8,11-12H2,1-4H3,(H,26,32)(H,27,31). The fourth-order valence-electron chi connectivity index (χ4n) is 3.85. The average Bonchev–Trinajstić information content (AvgIpc) is 3.06. The summed E-state index contributed by atoms with van der Waals surface area (Å²) in [6.45, 7) is 7.31. The van der Waals surface area contributed by atoms with E-state index in [1.807, 2.05) is 0 Å². The molecule has 0 saturated carbocycles. The second kappa shape index (κ2) is 9.20. The summed E-state index contributed by atoms with van der Waals surface area (Å²) in [6, 6.07) is 1.49. The third-order valence-corrected chi connectivity index (χ3v) is 5.74. The van der Waals surface area contributed by atoms with Crippen molar-refractivity contribution < 1.29 is 23.9 Å². The number of ketones is 1. The van der Waals surface area contributed by atoms with E-state index in [-0.39, 0.29) is 18.8 Å². The first kappa shape index (κ1) is 23.6. The minimum Gasteiger partial charge on any atom is -0.396 e. The molecule has 0 fully saturated rings. The van der Waals surface area contributed by atoms with E-state index in [0.717, 1.165) is 12.8 Å². The monoisotopic (exact) mass is 444 g/mol. The summed E-state index contributed by atoms with van der Waals surface area (Å²) in [7, 11) is 0. The molecule has 1 aliphatic rings. The number of aromatic nitrogens is 2. The van der Waals surface area contributed by atoms with Gasteiger partial charge in [0.1, 0.15) is 0 Å². The molecule has 3 rings (SSSR count). The number of anilines is 1. The van der Waals surface area contributed by atoms with Crippen LogP contribution in [0.25, 0.3) is 0 Å². The predicted molar refractivity (Wildman–Crippen MR) is 117 cm³/mol. The lowest BCUT2D eigenvalue weighted by Crippen LogP contribution is -2.40. The molecule has 0 atom stereocenters. The van der Waals surface area contributed by atoms with Crippen LogP contribution in [0.1, 0.15) is 64.4 Å². The van der Waals surface area contributed by atoms with E-state index in [4.69, 9.17) is 0 Å². The number of pyridine rings is 1. The Balaban J connectivity index is 1.92. The number of aryl methyl sites for hydroxylation is 1. The number of halogens is 1. The number of carbonyl (C=O) groups excluding carboxylic acids is 3. The molecule has 32 heavy (non-hydrogen) atoms. The third-order valence-electron chi connectivity index (χ3n) is 5.74. The van der Waals surface area contributed by atoms with Gasteiger partial charge in [0.2, 0.25) is 5.95 Å². The van der Waals surface area contributed by atoms with Crippen LogP contribution in [0.15, 0.2) is 12.3 Å². The second-order valence-corrected chi connectivity index (χ2v) is 9.02. The number of amides is 2. The normalized spacial score (nSPS) is 13.4. The quantitative estimate of drug-likeness (QED) is 0.345. The van der Waals surface area contributed by atoms with E-state index in [2.05, 4.69) is 15.6 Å². The zero-order valence-electron chi connectivity index (χ0n) is 18.8. The lowest BCUT2D eigenvalue weighted by atomic mass is 9.95. The van der Waals surface area contributed by atoms with E-state index in [1.54, 1.807) is 32.3 Å². The summed E-state index contributed by atoms with van der Waals surface area (Å²) < 4.78 is 15.2. The van der Waals surface area contributed by atoms with Crippen LogP contribution >= 0.6 is 0 Å². The molecule has 8 nitrogen and oxygen atoms in total. The van der Waals surface area contributed by atoms with Gasteiger partial charge in [0, 0.05) is 36.4 Å². The van der Waals surface area contributed by atoms with Gasteiger partial charge in [-0.25, -0.2) is 4.98 Å². The Labute approximate surface area is 186 Å². The Hall–Kier alpha value is -3.07. The molecule has 0 saturated heterocycles. The molecule has 0 aromatic carbocycles. The van der Waals surface area contributed by atoms with Crippen LogP contribution in [0.3, 0.4) is 0 Å². The van der Waals surface area contributed by atoms with Crippen LogP contribution in [0.5, 0.6) is 0 Å². The third kappa shape index (κ3) is 4.72. The van der Waals surface area contributed by atoms with Crippen LogP contribution in [-0.4, -0.2) is 45.4 Å². The van der Waals surface area contributed by atoms with E-state index in [0.29, 0.717) is 41.0 Å². The fourth-order valence-corrected chi connectivity index (χ4v) is 3.85. The van der Waals surface area contributed by atoms with Crippen molar-refractivity contribution in [1.29, 1.82) is 0 Å². The highest BCUT2D eigenvalue weighted by molar-refractivity contribution is 6.43. The molecule has 1 aliphatic heterocycles. The second-order valence-electron chi connectivity index (χ2n) is 9.02. The van der Waals surface area contributed by atoms with Crippen molar-refractivity contribution in [3.8, 4) is 0 Å². The number of fused-ring (bicyclic) bond motifs is 1. The minimum atomic E-state index is -0.772. The summed E-state index contributed by atoms with van der Waals surface area (Å²) in [6.07, 6.45) is 3.55. The summed E-state index contributed by atoms with van der Waals surface area (Å²) in [4.78, 5) is 42.4. The Kier molecular flexibility index (Phi) is 6.78. The van der Waals surface area contributed by atoms with E-state index in [1.165, 1.54) is 12.3 Å². The van der Waals surface area contributed by atoms with Crippen LogP contribution in [0.4, 0.5) is 10.1 Å². The lowest BCUT2D eigenvalue weighted by Gasteiger charge is -2.22.